The third-order valence-electron chi connectivity index (χ3n) is 2.62. The van der Waals surface area contributed by atoms with Crippen LogP contribution < -0.4 is 11.1 Å². The van der Waals surface area contributed by atoms with Gasteiger partial charge in [0.15, 0.2) is 5.76 Å². The molecule has 0 fully saturated rings. The minimum Gasteiger partial charge on any atom is -0.395 e. The molecule has 1 heterocycles. The zero-order valence-electron chi connectivity index (χ0n) is 11.0. The van der Waals surface area contributed by atoms with Crippen molar-refractivity contribution < 1.29 is 18.9 Å². The summed E-state index contributed by atoms with van der Waals surface area (Å²) in [4.78, 5) is 32.8. The lowest BCUT2D eigenvalue weighted by atomic mass is 10.1. The maximum Gasteiger partial charge on any atom is 0.433 e. The number of anilines is 1. The molecule has 108 valence electrons. The van der Waals surface area contributed by atoms with Crippen LogP contribution in [0.3, 0.4) is 0 Å². The number of hydrogen-bond donors (Lipinski definition) is 2. The molecule has 2 aromatic rings. The van der Waals surface area contributed by atoms with Gasteiger partial charge in [0.1, 0.15) is 4.92 Å². The molecule has 0 radical (unpaired) electrons. The van der Waals surface area contributed by atoms with Crippen molar-refractivity contribution in [3.63, 3.8) is 0 Å². The van der Waals surface area contributed by atoms with Gasteiger partial charge < -0.3 is 15.5 Å². The number of furan rings is 1. The number of primary amides is 1. The number of nitrogens with two attached hydrogens (primary N) is 1. The number of amides is 2. The van der Waals surface area contributed by atoms with Crippen molar-refractivity contribution in [1.82, 2.24) is 0 Å². The van der Waals surface area contributed by atoms with Crippen molar-refractivity contribution >= 4 is 23.4 Å². The summed E-state index contributed by atoms with van der Waals surface area (Å²) in [5.41, 5.74) is 6.50. The number of nitrogens with one attached hydrogen (secondary N) is 1. The average molecular weight is 289 g/mol. The topological polar surface area (TPSA) is 128 Å². The zero-order valence-corrected chi connectivity index (χ0v) is 11.0. The third kappa shape index (κ3) is 3.24. The number of carbonyl (C=O) groups excluding carboxylic acids is 2. The molecular weight excluding hydrogens is 278 g/mol. The van der Waals surface area contributed by atoms with E-state index in [0.717, 1.165) is 11.6 Å². The van der Waals surface area contributed by atoms with E-state index < -0.39 is 22.6 Å². The highest BCUT2D eigenvalue weighted by Gasteiger charge is 2.17. The van der Waals surface area contributed by atoms with E-state index in [-0.39, 0.29) is 11.3 Å². The van der Waals surface area contributed by atoms with Crippen LogP contribution >= 0.6 is 0 Å². The number of hydrogen-bond acceptors (Lipinski definition) is 5. The SMILES string of the molecule is Cc1cc(NC(=O)c2ccc([N+](=O)[O-])o2)cc(C(N)=O)c1. The van der Waals surface area contributed by atoms with Gasteiger partial charge in [-0.05, 0) is 36.8 Å². The molecule has 2 rings (SSSR count). The first-order valence-corrected chi connectivity index (χ1v) is 5.84. The summed E-state index contributed by atoms with van der Waals surface area (Å²) in [6.45, 7) is 1.74. The van der Waals surface area contributed by atoms with Gasteiger partial charge in [0.2, 0.25) is 5.91 Å². The molecular formula is C13H11N3O5. The molecule has 3 N–H and O–H groups in total. The molecule has 0 aliphatic heterocycles. The van der Waals surface area contributed by atoms with E-state index in [1.165, 1.54) is 12.1 Å². The van der Waals surface area contributed by atoms with Crippen LogP contribution in [0.2, 0.25) is 0 Å². The normalized spacial score (nSPS) is 10.1. The molecule has 0 bridgehead atoms. The molecule has 8 heteroatoms. The van der Waals surface area contributed by atoms with Crippen LogP contribution in [0.25, 0.3) is 0 Å². The van der Waals surface area contributed by atoms with Crippen LogP contribution in [0, 0.1) is 17.0 Å². The minimum absolute atomic E-state index is 0.205. The maximum atomic E-state index is 11.9. The summed E-state index contributed by atoms with van der Waals surface area (Å²) in [7, 11) is 0. The quantitative estimate of drug-likeness (QED) is 0.655. The van der Waals surface area contributed by atoms with E-state index in [9.17, 15) is 19.7 Å². The largest absolute Gasteiger partial charge is 0.433 e. The number of benzene rings is 1. The summed E-state index contributed by atoms with van der Waals surface area (Å²) < 4.78 is 4.78. The average Bonchev–Trinajstić information content (AvgIpc) is 2.87. The van der Waals surface area contributed by atoms with Gasteiger partial charge in [0.25, 0.3) is 5.91 Å². The second-order valence-corrected chi connectivity index (χ2v) is 4.30. The van der Waals surface area contributed by atoms with Crippen molar-refractivity contribution in [2.24, 2.45) is 5.73 Å². The predicted molar refractivity (Wildman–Crippen MR) is 73.0 cm³/mol. The van der Waals surface area contributed by atoms with E-state index in [4.69, 9.17) is 10.2 Å². The van der Waals surface area contributed by atoms with Crippen molar-refractivity contribution in [3.8, 4) is 0 Å². The molecule has 0 atom stereocenters. The van der Waals surface area contributed by atoms with E-state index in [2.05, 4.69) is 5.32 Å². The highest BCUT2D eigenvalue weighted by atomic mass is 16.6. The number of carbonyl (C=O) groups is 2. The Hall–Kier alpha value is -3.16. The summed E-state index contributed by atoms with van der Waals surface area (Å²) in [5, 5.41) is 13.0. The second kappa shape index (κ2) is 5.45. The first kappa shape index (κ1) is 14.3. The Morgan fingerprint density at radius 2 is 2.00 bits per heavy atom. The van der Waals surface area contributed by atoms with Crippen LogP contribution in [0.4, 0.5) is 11.6 Å². The number of nitrogens with zero attached hydrogens (tertiary/aromatic N) is 1. The van der Waals surface area contributed by atoms with E-state index >= 15 is 0 Å². The highest BCUT2D eigenvalue weighted by Crippen LogP contribution is 2.19. The Labute approximate surface area is 118 Å². The lowest BCUT2D eigenvalue weighted by Crippen LogP contribution is -2.14. The molecule has 0 aliphatic carbocycles. The fraction of sp³-hybridized carbons (Fsp3) is 0.0769. The number of aryl methyl sites for hydroxylation is 1. The van der Waals surface area contributed by atoms with Crippen LogP contribution in [0.15, 0.2) is 34.7 Å². The Balaban J connectivity index is 2.22. The predicted octanol–water partition coefficient (Wildman–Crippen LogP) is 1.85. The number of nitro groups is 1. The van der Waals surface area contributed by atoms with Crippen LogP contribution in [-0.2, 0) is 0 Å². The van der Waals surface area contributed by atoms with Gasteiger partial charge in [0, 0.05) is 11.3 Å². The lowest BCUT2D eigenvalue weighted by molar-refractivity contribution is -0.402. The monoisotopic (exact) mass is 289 g/mol. The minimum atomic E-state index is -0.741. The summed E-state index contributed by atoms with van der Waals surface area (Å²) >= 11 is 0. The van der Waals surface area contributed by atoms with Gasteiger partial charge in [-0.1, -0.05) is 0 Å². The molecule has 21 heavy (non-hydrogen) atoms. The molecule has 0 aliphatic rings. The van der Waals surface area contributed by atoms with Crippen LogP contribution in [-0.4, -0.2) is 16.7 Å². The van der Waals surface area contributed by atoms with Crippen molar-refractivity contribution in [2.45, 2.75) is 6.92 Å². The Bertz CT molecular complexity index is 735. The number of rotatable bonds is 4. The molecule has 0 saturated heterocycles. The molecule has 2 amide bonds. The van der Waals surface area contributed by atoms with Gasteiger partial charge >= 0.3 is 5.88 Å². The molecule has 8 nitrogen and oxygen atoms in total. The van der Waals surface area contributed by atoms with E-state index in [0.29, 0.717) is 5.69 Å². The van der Waals surface area contributed by atoms with Crippen LogP contribution in [0.5, 0.6) is 0 Å². The first-order chi connectivity index (χ1) is 9.86. The Kier molecular flexibility index (Phi) is 3.70. The van der Waals surface area contributed by atoms with Gasteiger partial charge in [-0.3, -0.25) is 19.7 Å². The van der Waals surface area contributed by atoms with E-state index in [1.54, 1.807) is 19.1 Å². The van der Waals surface area contributed by atoms with Gasteiger partial charge in [-0.25, -0.2) is 0 Å². The van der Waals surface area contributed by atoms with Crippen molar-refractivity contribution in [3.05, 3.63) is 57.3 Å². The Morgan fingerprint density at radius 3 is 2.57 bits per heavy atom. The standard InChI is InChI=1S/C13H11N3O5/c1-7-4-8(12(14)17)6-9(5-7)15-13(18)10-2-3-11(21-10)16(19)20/h2-6H,1H3,(H2,14,17)(H,15,18). The fourth-order valence-corrected chi connectivity index (χ4v) is 1.74. The molecule has 1 aromatic heterocycles. The molecule has 0 spiro atoms. The van der Waals surface area contributed by atoms with Crippen molar-refractivity contribution in [2.75, 3.05) is 5.32 Å². The Morgan fingerprint density at radius 1 is 1.29 bits per heavy atom. The van der Waals surface area contributed by atoms with Gasteiger partial charge in [0.05, 0.1) is 6.07 Å². The van der Waals surface area contributed by atoms with Gasteiger partial charge in [-0.2, -0.15) is 0 Å². The molecule has 0 unspecified atom stereocenters. The highest BCUT2D eigenvalue weighted by molar-refractivity contribution is 6.03. The molecule has 0 saturated carbocycles. The summed E-state index contributed by atoms with van der Waals surface area (Å²) in [6.07, 6.45) is 0. The third-order valence-corrected chi connectivity index (χ3v) is 2.62. The maximum absolute atomic E-state index is 11.9. The summed E-state index contributed by atoms with van der Waals surface area (Å²) in [5.74, 6) is -2.02. The van der Waals surface area contributed by atoms with Crippen molar-refractivity contribution in [1.29, 1.82) is 0 Å². The summed E-state index contributed by atoms with van der Waals surface area (Å²) in [6, 6.07) is 6.89. The lowest BCUT2D eigenvalue weighted by Gasteiger charge is -2.06. The molecule has 1 aromatic carbocycles. The first-order valence-electron chi connectivity index (χ1n) is 5.84. The smallest absolute Gasteiger partial charge is 0.395 e. The van der Waals surface area contributed by atoms with E-state index in [1.807, 2.05) is 0 Å². The fourth-order valence-electron chi connectivity index (χ4n) is 1.74. The van der Waals surface area contributed by atoms with Gasteiger partial charge in [-0.15, -0.1) is 0 Å². The second-order valence-electron chi connectivity index (χ2n) is 4.30. The van der Waals surface area contributed by atoms with Crippen LogP contribution in [0.1, 0.15) is 26.5 Å². The zero-order chi connectivity index (χ0) is 15.6.